The number of hydrogen-bond donors (Lipinski definition) is 2. The van der Waals surface area contributed by atoms with Crippen molar-refractivity contribution in [2.75, 3.05) is 0 Å². The fraction of sp³-hybridized carbons (Fsp3) is 1.00. The summed E-state index contributed by atoms with van der Waals surface area (Å²) in [7, 11) is 0. The highest BCUT2D eigenvalue weighted by atomic mass is 16.5. The standard InChI is InChI=1S/C12H26O3/c1-7-9(13)11(3,4)15-12(5,6)10(14)8-2/h9-10,13-14H,7-8H2,1-6H3. The van der Waals surface area contributed by atoms with Crippen LogP contribution in [0.25, 0.3) is 0 Å². The van der Waals surface area contributed by atoms with Crippen molar-refractivity contribution in [1.82, 2.24) is 0 Å². The van der Waals surface area contributed by atoms with Crippen molar-refractivity contribution in [2.24, 2.45) is 0 Å². The molecule has 3 heteroatoms. The van der Waals surface area contributed by atoms with E-state index in [-0.39, 0.29) is 0 Å². The van der Waals surface area contributed by atoms with Gasteiger partial charge in [-0.2, -0.15) is 0 Å². The molecular weight excluding hydrogens is 192 g/mol. The van der Waals surface area contributed by atoms with Crippen LogP contribution in [0.5, 0.6) is 0 Å². The van der Waals surface area contributed by atoms with Crippen LogP contribution in [-0.2, 0) is 4.74 Å². The maximum Gasteiger partial charge on any atom is 0.0892 e. The summed E-state index contributed by atoms with van der Waals surface area (Å²) in [4.78, 5) is 0. The molecule has 0 saturated carbocycles. The van der Waals surface area contributed by atoms with Gasteiger partial charge >= 0.3 is 0 Å². The molecule has 0 aliphatic carbocycles. The van der Waals surface area contributed by atoms with E-state index >= 15 is 0 Å². The van der Waals surface area contributed by atoms with Crippen molar-refractivity contribution in [3.8, 4) is 0 Å². The first-order chi connectivity index (χ1) is 6.67. The number of ether oxygens (including phenoxy) is 1. The van der Waals surface area contributed by atoms with Gasteiger partial charge in [-0.3, -0.25) is 0 Å². The van der Waals surface area contributed by atoms with E-state index in [0.717, 1.165) is 0 Å². The Balaban J connectivity index is 4.56. The third kappa shape index (κ3) is 4.09. The Kier molecular flexibility index (Phi) is 5.24. The van der Waals surface area contributed by atoms with Gasteiger partial charge < -0.3 is 14.9 Å². The number of rotatable bonds is 6. The van der Waals surface area contributed by atoms with Gasteiger partial charge in [-0.15, -0.1) is 0 Å². The summed E-state index contributed by atoms with van der Waals surface area (Å²) >= 11 is 0. The summed E-state index contributed by atoms with van der Waals surface area (Å²) in [5.74, 6) is 0. The molecule has 0 heterocycles. The molecule has 0 fully saturated rings. The van der Waals surface area contributed by atoms with Gasteiger partial charge in [-0.1, -0.05) is 13.8 Å². The molecule has 2 atom stereocenters. The largest absolute Gasteiger partial charge is 0.390 e. The van der Waals surface area contributed by atoms with Crippen molar-refractivity contribution < 1.29 is 14.9 Å². The van der Waals surface area contributed by atoms with E-state index in [9.17, 15) is 10.2 Å². The van der Waals surface area contributed by atoms with Gasteiger partial charge in [0.1, 0.15) is 0 Å². The highest BCUT2D eigenvalue weighted by Crippen LogP contribution is 2.28. The Bertz CT molecular complexity index is 167. The molecule has 0 aromatic heterocycles. The summed E-state index contributed by atoms with van der Waals surface area (Å²) in [6, 6.07) is 0. The van der Waals surface area contributed by atoms with Gasteiger partial charge in [0.25, 0.3) is 0 Å². The molecule has 2 N–H and O–H groups in total. The second kappa shape index (κ2) is 5.28. The zero-order valence-electron chi connectivity index (χ0n) is 10.9. The van der Waals surface area contributed by atoms with Crippen molar-refractivity contribution in [3.05, 3.63) is 0 Å². The van der Waals surface area contributed by atoms with Crippen LogP contribution < -0.4 is 0 Å². The molecule has 3 nitrogen and oxygen atoms in total. The summed E-state index contributed by atoms with van der Waals surface area (Å²) in [6.07, 6.45) is 0.262. The maximum atomic E-state index is 9.80. The van der Waals surface area contributed by atoms with Crippen LogP contribution >= 0.6 is 0 Å². The topological polar surface area (TPSA) is 49.7 Å². The Labute approximate surface area is 93.5 Å². The fourth-order valence-corrected chi connectivity index (χ4v) is 1.80. The lowest BCUT2D eigenvalue weighted by molar-refractivity contribution is -0.205. The van der Waals surface area contributed by atoms with Crippen LogP contribution in [0.3, 0.4) is 0 Å². The molecule has 0 aliphatic heterocycles. The summed E-state index contributed by atoms with van der Waals surface area (Å²) in [5, 5.41) is 19.6. The van der Waals surface area contributed by atoms with Crippen LogP contribution in [0, 0.1) is 0 Å². The first-order valence-electron chi connectivity index (χ1n) is 5.73. The molecule has 0 radical (unpaired) electrons. The predicted octanol–water partition coefficient (Wildman–Crippen LogP) is 2.10. The van der Waals surface area contributed by atoms with Crippen LogP contribution in [-0.4, -0.2) is 33.6 Å². The first-order valence-corrected chi connectivity index (χ1v) is 5.73. The van der Waals surface area contributed by atoms with Gasteiger partial charge in [0.2, 0.25) is 0 Å². The Morgan fingerprint density at radius 2 is 1.13 bits per heavy atom. The van der Waals surface area contributed by atoms with Crippen LogP contribution in [0.2, 0.25) is 0 Å². The average molecular weight is 218 g/mol. The molecule has 0 saturated heterocycles. The summed E-state index contributed by atoms with van der Waals surface area (Å²) in [5.41, 5.74) is -1.26. The number of aliphatic hydroxyl groups excluding tert-OH is 2. The van der Waals surface area contributed by atoms with Crippen LogP contribution in [0.4, 0.5) is 0 Å². The average Bonchev–Trinajstić information content (AvgIpc) is 2.13. The van der Waals surface area contributed by atoms with Crippen LogP contribution in [0.1, 0.15) is 54.4 Å². The van der Waals surface area contributed by atoms with Crippen molar-refractivity contribution >= 4 is 0 Å². The minimum Gasteiger partial charge on any atom is -0.390 e. The van der Waals surface area contributed by atoms with E-state index in [1.807, 2.05) is 41.5 Å². The quantitative estimate of drug-likeness (QED) is 0.718. The van der Waals surface area contributed by atoms with Gasteiger partial charge in [-0.05, 0) is 40.5 Å². The summed E-state index contributed by atoms with van der Waals surface area (Å²) in [6.45, 7) is 11.2. The third-order valence-corrected chi connectivity index (χ3v) is 2.90. The lowest BCUT2D eigenvalue weighted by Crippen LogP contribution is -2.50. The Morgan fingerprint density at radius 3 is 1.33 bits per heavy atom. The second-order valence-electron chi connectivity index (χ2n) is 5.16. The SMILES string of the molecule is CCC(O)C(C)(C)OC(C)(C)C(O)CC. The molecular formula is C12H26O3. The lowest BCUT2D eigenvalue weighted by atomic mass is 9.94. The first kappa shape index (κ1) is 14.9. The van der Waals surface area contributed by atoms with Crippen molar-refractivity contribution in [2.45, 2.75) is 77.8 Å². The van der Waals surface area contributed by atoms with E-state index in [1.54, 1.807) is 0 Å². The smallest absolute Gasteiger partial charge is 0.0892 e. The van der Waals surface area contributed by atoms with Gasteiger partial charge in [0.15, 0.2) is 0 Å². The molecule has 0 amide bonds. The van der Waals surface area contributed by atoms with E-state index < -0.39 is 23.4 Å². The zero-order chi connectivity index (χ0) is 12.3. The summed E-state index contributed by atoms with van der Waals surface area (Å²) < 4.78 is 5.83. The van der Waals surface area contributed by atoms with E-state index in [0.29, 0.717) is 12.8 Å². The van der Waals surface area contributed by atoms with E-state index in [4.69, 9.17) is 4.74 Å². The molecule has 0 spiro atoms. The highest BCUT2D eigenvalue weighted by Gasteiger charge is 2.37. The lowest BCUT2D eigenvalue weighted by Gasteiger charge is -2.41. The van der Waals surface area contributed by atoms with E-state index in [1.165, 1.54) is 0 Å². The van der Waals surface area contributed by atoms with Gasteiger partial charge in [0.05, 0.1) is 23.4 Å². The highest BCUT2D eigenvalue weighted by molar-refractivity contribution is 4.86. The second-order valence-corrected chi connectivity index (χ2v) is 5.16. The Morgan fingerprint density at radius 1 is 0.867 bits per heavy atom. The van der Waals surface area contributed by atoms with Crippen LogP contribution in [0.15, 0.2) is 0 Å². The molecule has 15 heavy (non-hydrogen) atoms. The number of hydrogen-bond acceptors (Lipinski definition) is 3. The molecule has 0 aromatic rings. The molecule has 0 aromatic carbocycles. The maximum absolute atomic E-state index is 9.80. The predicted molar refractivity (Wildman–Crippen MR) is 61.8 cm³/mol. The Hall–Kier alpha value is -0.120. The van der Waals surface area contributed by atoms with Gasteiger partial charge in [-0.25, -0.2) is 0 Å². The van der Waals surface area contributed by atoms with Crippen molar-refractivity contribution in [1.29, 1.82) is 0 Å². The van der Waals surface area contributed by atoms with Gasteiger partial charge in [0, 0.05) is 0 Å². The molecule has 0 bridgehead atoms. The van der Waals surface area contributed by atoms with E-state index in [2.05, 4.69) is 0 Å². The number of aliphatic hydroxyl groups is 2. The molecule has 2 unspecified atom stereocenters. The normalized spacial score (nSPS) is 17.6. The minimum absolute atomic E-state index is 0.513. The monoisotopic (exact) mass is 218 g/mol. The third-order valence-electron chi connectivity index (χ3n) is 2.90. The fourth-order valence-electron chi connectivity index (χ4n) is 1.80. The molecule has 0 rings (SSSR count). The van der Waals surface area contributed by atoms with Crippen molar-refractivity contribution in [3.63, 3.8) is 0 Å². The minimum atomic E-state index is -0.631. The molecule has 0 aliphatic rings. The zero-order valence-corrected chi connectivity index (χ0v) is 10.9. The molecule has 92 valence electrons.